The second-order valence-corrected chi connectivity index (χ2v) is 11.0. The molecule has 7 nitrogen and oxygen atoms in total. The molecule has 0 bridgehead atoms. The highest BCUT2D eigenvalue weighted by Crippen LogP contribution is 2.32. The fourth-order valence-electron chi connectivity index (χ4n) is 5.28. The Morgan fingerprint density at radius 2 is 1.65 bits per heavy atom. The largest absolute Gasteiger partial charge is 0.351 e. The van der Waals surface area contributed by atoms with Gasteiger partial charge in [0, 0.05) is 35.8 Å². The molecule has 0 radical (unpaired) electrons. The molecule has 1 fully saturated rings. The highest BCUT2D eigenvalue weighted by atomic mass is 35.5. The van der Waals surface area contributed by atoms with Gasteiger partial charge in [0.15, 0.2) is 0 Å². The van der Waals surface area contributed by atoms with E-state index >= 15 is 0 Å². The number of nitrogens with one attached hydrogen (secondary N) is 2. The van der Waals surface area contributed by atoms with Crippen molar-refractivity contribution in [3.05, 3.63) is 88.6 Å². The molecule has 0 unspecified atom stereocenters. The first-order valence-electron chi connectivity index (χ1n) is 14.0. The van der Waals surface area contributed by atoms with E-state index in [0.29, 0.717) is 28.5 Å². The zero-order valence-electron chi connectivity index (χ0n) is 23.2. The fraction of sp³-hybridized carbons (Fsp3) is 0.375. The molecule has 3 aromatic rings. The highest BCUT2D eigenvalue weighted by Gasteiger charge is 2.34. The van der Waals surface area contributed by atoms with Crippen LogP contribution in [0.3, 0.4) is 0 Å². The van der Waals surface area contributed by atoms with E-state index in [0.717, 1.165) is 36.8 Å². The summed E-state index contributed by atoms with van der Waals surface area (Å²) in [5, 5.41) is 6.54. The lowest BCUT2D eigenvalue weighted by atomic mass is 9.94. The van der Waals surface area contributed by atoms with E-state index in [1.807, 2.05) is 32.0 Å². The molecule has 0 spiro atoms. The number of aromatic nitrogens is 1. The molecule has 3 amide bonds. The van der Waals surface area contributed by atoms with Gasteiger partial charge in [0.1, 0.15) is 11.9 Å². The molecule has 1 heterocycles. The molecule has 0 aliphatic heterocycles. The van der Waals surface area contributed by atoms with E-state index in [9.17, 15) is 14.4 Å². The first kappa shape index (κ1) is 29.3. The first-order chi connectivity index (χ1) is 19.3. The number of halogens is 1. The maximum Gasteiger partial charge on any atom is 0.248 e. The molecule has 2 N–H and O–H groups in total. The average Bonchev–Trinajstić information content (AvgIpc) is 2.92. The molecular weight excluding hydrogens is 524 g/mol. The van der Waals surface area contributed by atoms with Gasteiger partial charge in [-0.25, -0.2) is 4.98 Å². The Bertz CT molecular complexity index is 1290. The molecule has 40 heavy (non-hydrogen) atoms. The number of carbonyl (C=O) groups excluding carboxylic acids is 3. The molecule has 1 aliphatic rings. The normalized spacial score (nSPS) is 14.3. The van der Waals surface area contributed by atoms with Gasteiger partial charge in [-0.15, -0.1) is 0 Å². The maximum atomic E-state index is 14.0. The van der Waals surface area contributed by atoms with E-state index in [-0.39, 0.29) is 36.6 Å². The van der Waals surface area contributed by atoms with Gasteiger partial charge in [-0.2, -0.15) is 0 Å². The van der Waals surface area contributed by atoms with Gasteiger partial charge in [-0.3, -0.25) is 19.3 Å². The van der Waals surface area contributed by atoms with Gasteiger partial charge in [0.25, 0.3) is 0 Å². The fourth-order valence-corrected chi connectivity index (χ4v) is 5.41. The summed E-state index contributed by atoms with van der Waals surface area (Å²) < 4.78 is 0. The molecule has 8 heteroatoms. The molecule has 0 saturated heterocycles. The summed E-state index contributed by atoms with van der Waals surface area (Å²) in [4.78, 5) is 46.1. The molecule has 1 aliphatic carbocycles. The topological polar surface area (TPSA) is 91.4 Å². The van der Waals surface area contributed by atoms with E-state index in [1.165, 1.54) is 6.42 Å². The van der Waals surface area contributed by atoms with Crippen LogP contribution in [0.2, 0.25) is 5.02 Å². The summed E-state index contributed by atoms with van der Waals surface area (Å²) in [6.07, 6.45) is 7.39. The van der Waals surface area contributed by atoms with Crippen molar-refractivity contribution in [1.82, 2.24) is 10.3 Å². The second-order valence-electron chi connectivity index (χ2n) is 10.5. The molecule has 1 atom stereocenters. The molecule has 2 aromatic carbocycles. The number of nitrogens with zero attached hydrogens (tertiary/aromatic N) is 2. The number of rotatable bonds is 10. The van der Waals surface area contributed by atoms with Gasteiger partial charge in [-0.1, -0.05) is 55.1 Å². The van der Waals surface area contributed by atoms with Crippen molar-refractivity contribution in [3.8, 4) is 0 Å². The predicted molar refractivity (Wildman–Crippen MR) is 159 cm³/mol. The van der Waals surface area contributed by atoms with Crippen LogP contribution in [0, 0.1) is 13.8 Å². The van der Waals surface area contributed by atoms with Crippen molar-refractivity contribution in [2.75, 3.05) is 10.2 Å². The van der Waals surface area contributed by atoms with Gasteiger partial charge >= 0.3 is 0 Å². The van der Waals surface area contributed by atoms with Crippen molar-refractivity contribution in [2.24, 2.45) is 0 Å². The van der Waals surface area contributed by atoms with Crippen LogP contribution in [0.4, 0.5) is 11.5 Å². The number of aryl methyl sites for hydroxylation is 2. The maximum absolute atomic E-state index is 14.0. The van der Waals surface area contributed by atoms with Crippen LogP contribution >= 0.6 is 11.6 Å². The molecule has 1 saturated carbocycles. The van der Waals surface area contributed by atoms with Crippen LogP contribution in [-0.2, 0) is 14.4 Å². The van der Waals surface area contributed by atoms with E-state index in [1.54, 1.807) is 53.6 Å². The molecular formula is C32H37ClN4O3. The number of hydrogen-bond donors (Lipinski definition) is 2. The van der Waals surface area contributed by atoms with Crippen molar-refractivity contribution in [3.63, 3.8) is 0 Å². The minimum atomic E-state index is -0.879. The quantitative estimate of drug-likeness (QED) is 0.289. The first-order valence-corrected chi connectivity index (χ1v) is 14.3. The number of pyridine rings is 1. The van der Waals surface area contributed by atoms with Crippen molar-refractivity contribution >= 4 is 40.8 Å². The summed E-state index contributed by atoms with van der Waals surface area (Å²) >= 11 is 6.19. The standard InChI is InChI=1S/C32H37ClN4O3/c1-22-19-23(2)21-27(20-22)37(30(39)13-8-12-29(38)36-28-11-6-7-18-34-28)31(24-14-16-25(33)17-15-24)32(40)35-26-9-4-3-5-10-26/h6-7,11,14-21,26,31H,3-5,8-10,12-13H2,1-2H3,(H,35,40)(H,34,36,38)/t31-/m1/s1. The number of anilines is 2. The van der Waals surface area contributed by atoms with Gasteiger partial charge in [-0.05, 0) is 86.2 Å². The summed E-state index contributed by atoms with van der Waals surface area (Å²) in [6.45, 7) is 3.95. The zero-order chi connectivity index (χ0) is 28.5. The third-order valence-corrected chi connectivity index (χ3v) is 7.38. The van der Waals surface area contributed by atoms with Crippen LogP contribution in [-0.4, -0.2) is 28.7 Å². The lowest BCUT2D eigenvalue weighted by molar-refractivity contribution is -0.127. The number of hydrogen-bond acceptors (Lipinski definition) is 4. The van der Waals surface area contributed by atoms with Crippen molar-refractivity contribution in [1.29, 1.82) is 0 Å². The second kappa shape index (κ2) is 14.1. The number of benzene rings is 2. The van der Waals surface area contributed by atoms with Crippen molar-refractivity contribution in [2.45, 2.75) is 77.3 Å². The van der Waals surface area contributed by atoms with Crippen LogP contribution in [0.5, 0.6) is 0 Å². The SMILES string of the molecule is Cc1cc(C)cc(N(C(=O)CCCC(=O)Nc2ccccn2)[C@@H](C(=O)NC2CCCCC2)c2ccc(Cl)cc2)c1. The predicted octanol–water partition coefficient (Wildman–Crippen LogP) is 6.68. The molecule has 4 rings (SSSR count). The van der Waals surface area contributed by atoms with E-state index in [4.69, 9.17) is 11.6 Å². The summed E-state index contributed by atoms with van der Waals surface area (Å²) in [5.74, 6) is -0.185. The Hall–Kier alpha value is -3.71. The minimum Gasteiger partial charge on any atom is -0.351 e. The molecule has 1 aromatic heterocycles. The van der Waals surface area contributed by atoms with E-state index in [2.05, 4.69) is 15.6 Å². The number of carbonyl (C=O) groups is 3. The Morgan fingerprint density at radius 3 is 2.30 bits per heavy atom. The van der Waals surface area contributed by atoms with Crippen LogP contribution in [0.25, 0.3) is 0 Å². The summed E-state index contributed by atoms with van der Waals surface area (Å²) in [5.41, 5.74) is 3.31. The smallest absolute Gasteiger partial charge is 0.248 e. The third-order valence-electron chi connectivity index (χ3n) is 7.12. The van der Waals surface area contributed by atoms with Crippen LogP contribution in [0.15, 0.2) is 66.9 Å². The molecule has 210 valence electrons. The lowest BCUT2D eigenvalue weighted by Crippen LogP contribution is -2.47. The van der Waals surface area contributed by atoms with E-state index < -0.39 is 6.04 Å². The van der Waals surface area contributed by atoms with Gasteiger partial charge in [0.05, 0.1) is 0 Å². The third kappa shape index (κ3) is 8.15. The monoisotopic (exact) mass is 560 g/mol. The summed E-state index contributed by atoms with van der Waals surface area (Å²) in [6, 6.07) is 17.5. The minimum absolute atomic E-state index is 0.0857. The Labute approximate surface area is 241 Å². The Balaban J connectivity index is 1.60. The Kier molecular flexibility index (Phi) is 10.3. The average molecular weight is 561 g/mol. The Morgan fingerprint density at radius 1 is 0.950 bits per heavy atom. The highest BCUT2D eigenvalue weighted by molar-refractivity contribution is 6.30. The summed E-state index contributed by atoms with van der Waals surface area (Å²) in [7, 11) is 0. The van der Waals surface area contributed by atoms with Gasteiger partial charge in [0.2, 0.25) is 17.7 Å². The zero-order valence-corrected chi connectivity index (χ0v) is 23.9. The number of amides is 3. The lowest BCUT2D eigenvalue weighted by Gasteiger charge is -2.34. The van der Waals surface area contributed by atoms with Crippen molar-refractivity contribution < 1.29 is 14.4 Å². The van der Waals surface area contributed by atoms with Gasteiger partial charge < -0.3 is 10.6 Å². The van der Waals surface area contributed by atoms with Crippen LogP contribution < -0.4 is 15.5 Å². The van der Waals surface area contributed by atoms with Crippen LogP contribution in [0.1, 0.15) is 74.1 Å².